The molecule has 1 saturated carbocycles. The summed E-state index contributed by atoms with van der Waals surface area (Å²) in [5.41, 5.74) is 10.9. The molecule has 0 bridgehead atoms. The Morgan fingerprint density at radius 2 is 2.23 bits per heavy atom. The number of rotatable bonds is 2. The Morgan fingerprint density at radius 1 is 1.62 bits per heavy atom. The predicted molar refractivity (Wildman–Crippen MR) is 54.3 cm³/mol. The third-order valence-electron chi connectivity index (χ3n) is 2.01. The van der Waals surface area contributed by atoms with Crippen LogP contribution < -0.4 is 11.5 Å². The molecule has 1 aliphatic carbocycles. The first kappa shape index (κ1) is 8.71. The fraction of sp³-hybridized carbons (Fsp3) is 0.429. The average molecular weight is 215 g/mol. The molecule has 70 valence electrons. The largest absolute Gasteiger partial charge is 0.384 e. The molecule has 1 heterocycles. The average Bonchev–Trinajstić information content (AvgIpc) is 2.80. The number of amides is 1. The van der Waals surface area contributed by atoms with Crippen molar-refractivity contribution in [3.63, 3.8) is 0 Å². The number of carbonyl (C=O) groups is 1. The minimum atomic E-state index is -0.493. The Bertz CT molecular complexity index is 416. The zero-order valence-corrected chi connectivity index (χ0v) is 8.45. The maximum atomic E-state index is 10.9. The van der Waals surface area contributed by atoms with Gasteiger partial charge in [0.05, 0.1) is 0 Å². The Labute approximate surface area is 84.2 Å². The highest BCUT2D eigenvalue weighted by atomic mass is 32.1. The fourth-order valence-corrected chi connectivity index (χ4v) is 2.57. The van der Waals surface area contributed by atoms with E-state index in [1.807, 2.05) is 4.57 Å². The number of aromatic nitrogens is 1. The summed E-state index contributed by atoms with van der Waals surface area (Å²) in [6.07, 6.45) is 2.18. The Balaban J connectivity index is 2.57. The number of nitrogens with zero attached hydrogens (tertiary/aromatic N) is 1. The number of primary amides is 1. The van der Waals surface area contributed by atoms with Crippen molar-refractivity contribution in [1.29, 1.82) is 0 Å². The van der Waals surface area contributed by atoms with Gasteiger partial charge in [-0.25, -0.2) is 0 Å². The van der Waals surface area contributed by atoms with E-state index >= 15 is 0 Å². The van der Waals surface area contributed by atoms with E-state index in [0.29, 0.717) is 20.7 Å². The maximum Gasteiger partial charge on any atom is 0.262 e. The molecular formula is C7H9N3OS2. The van der Waals surface area contributed by atoms with E-state index in [4.69, 9.17) is 23.7 Å². The highest BCUT2D eigenvalue weighted by molar-refractivity contribution is 7.73. The molecule has 1 aromatic heterocycles. The molecular weight excluding hydrogens is 206 g/mol. The van der Waals surface area contributed by atoms with Gasteiger partial charge in [0, 0.05) is 6.04 Å². The lowest BCUT2D eigenvalue weighted by molar-refractivity contribution is 0.100. The van der Waals surface area contributed by atoms with Crippen LogP contribution in [0.5, 0.6) is 0 Å². The van der Waals surface area contributed by atoms with Crippen molar-refractivity contribution in [2.24, 2.45) is 5.73 Å². The molecule has 13 heavy (non-hydrogen) atoms. The van der Waals surface area contributed by atoms with Crippen molar-refractivity contribution in [2.45, 2.75) is 18.9 Å². The quantitative estimate of drug-likeness (QED) is 0.730. The molecule has 1 fully saturated rings. The molecule has 1 aromatic rings. The second kappa shape index (κ2) is 2.81. The van der Waals surface area contributed by atoms with E-state index in [0.717, 1.165) is 12.8 Å². The zero-order valence-electron chi connectivity index (χ0n) is 6.82. The summed E-state index contributed by atoms with van der Waals surface area (Å²) in [6, 6.07) is 0.400. The molecule has 0 unspecified atom stereocenters. The number of nitrogens with two attached hydrogens (primary N) is 2. The molecule has 0 aromatic carbocycles. The summed E-state index contributed by atoms with van der Waals surface area (Å²) >= 11 is 6.29. The summed E-state index contributed by atoms with van der Waals surface area (Å²) in [6.45, 7) is 0. The number of anilines is 1. The summed E-state index contributed by atoms with van der Waals surface area (Å²) < 4.78 is 2.48. The van der Waals surface area contributed by atoms with Gasteiger partial charge in [-0.15, -0.1) is 0 Å². The molecule has 1 amide bonds. The standard InChI is InChI=1S/C7H9N3OS2/c8-5-4(6(9)11)13-7(12)10(5)3-1-2-3/h3H,1-2,8H2,(H2,9,11). The molecule has 2 rings (SSSR count). The van der Waals surface area contributed by atoms with Gasteiger partial charge in [0.25, 0.3) is 5.91 Å². The van der Waals surface area contributed by atoms with Crippen LogP contribution in [0.15, 0.2) is 0 Å². The lowest BCUT2D eigenvalue weighted by Gasteiger charge is -2.01. The SMILES string of the molecule is NC(=O)c1sc(=S)n(C2CC2)c1N. The van der Waals surface area contributed by atoms with Gasteiger partial charge >= 0.3 is 0 Å². The molecule has 4 nitrogen and oxygen atoms in total. The summed E-state index contributed by atoms with van der Waals surface area (Å²) in [5, 5.41) is 0. The van der Waals surface area contributed by atoms with Crippen LogP contribution >= 0.6 is 23.6 Å². The third-order valence-corrected chi connectivity index (χ3v) is 3.45. The minimum Gasteiger partial charge on any atom is -0.384 e. The summed E-state index contributed by atoms with van der Waals surface area (Å²) in [4.78, 5) is 11.3. The van der Waals surface area contributed by atoms with Gasteiger partial charge in [-0.3, -0.25) is 4.79 Å². The van der Waals surface area contributed by atoms with Crippen molar-refractivity contribution in [3.05, 3.63) is 8.83 Å². The fourth-order valence-electron chi connectivity index (χ4n) is 1.25. The van der Waals surface area contributed by atoms with Crippen LogP contribution in [0.25, 0.3) is 0 Å². The van der Waals surface area contributed by atoms with Crippen molar-refractivity contribution >= 4 is 35.3 Å². The van der Waals surface area contributed by atoms with Crippen LogP contribution in [0.1, 0.15) is 28.6 Å². The first-order valence-corrected chi connectivity index (χ1v) is 5.14. The number of thiazole rings is 1. The molecule has 1 aliphatic rings. The van der Waals surface area contributed by atoms with Gasteiger partial charge < -0.3 is 16.0 Å². The lowest BCUT2D eigenvalue weighted by atomic mass is 10.4. The number of carbonyl (C=O) groups excluding carboxylic acids is 1. The van der Waals surface area contributed by atoms with Crippen LogP contribution in [0.2, 0.25) is 0 Å². The first-order valence-electron chi connectivity index (χ1n) is 3.92. The smallest absolute Gasteiger partial charge is 0.262 e. The van der Waals surface area contributed by atoms with E-state index in [1.165, 1.54) is 11.3 Å². The molecule has 0 spiro atoms. The van der Waals surface area contributed by atoms with E-state index < -0.39 is 5.91 Å². The summed E-state index contributed by atoms with van der Waals surface area (Å²) in [7, 11) is 0. The molecule has 0 saturated heterocycles. The van der Waals surface area contributed by atoms with Gasteiger partial charge in [-0.2, -0.15) is 0 Å². The van der Waals surface area contributed by atoms with E-state index in [2.05, 4.69) is 0 Å². The van der Waals surface area contributed by atoms with Gasteiger partial charge in [-0.05, 0) is 25.1 Å². The normalized spacial score (nSPS) is 16.0. The molecule has 6 heteroatoms. The highest BCUT2D eigenvalue weighted by Crippen LogP contribution is 2.39. The van der Waals surface area contributed by atoms with Gasteiger partial charge in [-0.1, -0.05) is 11.3 Å². The van der Waals surface area contributed by atoms with Crippen LogP contribution in [0.3, 0.4) is 0 Å². The molecule has 4 N–H and O–H groups in total. The maximum absolute atomic E-state index is 10.9. The Hall–Kier alpha value is -0.880. The monoisotopic (exact) mass is 215 g/mol. The number of hydrogen-bond donors (Lipinski definition) is 2. The van der Waals surface area contributed by atoms with E-state index in [1.54, 1.807) is 0 Å². The minimum absolute atomic E-state index is 0.386. The van der Waals surface area contributed by atoms with Crippen LogP contribution in [-0.4, -0.2) is 10.5 Å². The topological polar surface area (TPSA) is 74.0 Å². The molecule has 0 atom stereocenters. The predicted octanol–water partition coefficient (Wildman–Crippen LogP) is 1.30. The van der Waals surface area contributed by atoms with Crippen molar-refractivity contribution < 1.29 is 4.79 Å². The third kappa shape index (κ3) is 1.36. The zero-order chi connectivity index (χ0) is 9.59. The number of nitrogen functional groups attached to an aromatic ring is 1. The highest BCUT2D eigenvalue weighted by Gasteiger charge is 2.28. The molecule has 0 aliphatic heterocycles. The van der Waals surface area contributed by atoms with Gasteiger partial charge in [0.15, 0.2) is 3.95 Å². The second-order valence-corrected chi connectivity index (χ2v) is 4.69. The van der Waals surface area contributed by atoms with Crippen LogP contribution in [0, 0.1) is 3.95 Å². The van der Waals surface area contributed by atoms with Crippen LogP contribution in [0.4, 0.5) is 5.82 Å². The number of hydrogen-bond acceptors (Lipinski definition) is 4. The second-order valence-electron chi connectivity index (χ2n) is 3.05. The van der Waals surface area contributed by atoms with Crippen molar-refractivity contribution in [2.75, 3.05) is 5.73 Å². The Morgan fingerprint density at radius 3 is 2.62 bits per heavy atom. The molecule has 0 radical (unpaired) electrons. The lowest BCUT2D eigenvalue weighted by Crippen LogP contribution is -2.12. The van der Waals surface area contributed by atoms with Crippen molar-refractivity contribution in [1.82, 2.24) is 4.57 Å². The van der Waals surface area contributed by atoms with Gasteiger partial charge in [0.2, 0.25) is 0 Å². The van der Waals surface area contributed by atoms with E-state index in [9.17, 15) is 4.79 Å². The Kier molecular flexibility index (Phi) is 1.88. The van der Waals surface area contributed by atoms with E-state index in [-0.39, 0.29) is 0 Å². The first-order chi connectivity index (χ1) is 6.11. The summed E-state index contributed by atoms with van der Waals surface area (Å²) in [5.74, 6) is -0.0574. The van der Waals surface area contributed by atoms with Crippen LogP contribution in [-0.2, 0) is 0 Å². The van der Waals surface area contributed by atoms with Crippen molar-refractivity contribution in [3.8, 4) is 0 Å². The van der Waals surface area contributed by atoms with Gasteiger partial charge in [0.1, 0.15) is 10.7 Å².